The van der Waals surface area contributed by atoms with E-state index in [-0.39, 0.29) is 0 Å². The molecule has 0 atom stereocenters. The number of allylic oxidation sites excluding steroid dienone is 1. The first kappa shape index (κ1) is 37.1. The fraction of sp³-hybridized carbons (Fsp3) is 0.0328. The van der Waals surface area contributed by atoms with Crippen LogP contribution in [0.25, 0.3) is 116 Å². The van der Waals surface area contributed by atoms with Gasteiger partial charge in [0.1, 0.15) is 11.2 Å². The third-order valence-corrected chi connectivity index (χ3v) is 13.2. The van der Waals surface area contributed by atoms with Gasteiger partial charge in [-0.1, -0.05) is 194 Å². The van der Waals surface area contributed by atoms with E-state index >= 15 is 0 Å². The normalized spacial score (nSPS) is 12.6. The number of furan rings is 1. The fourth-order valence-electron chi connectivity index (χ4n) is 10.2. The van der Waals surface area contributed by atoms with Crippen molar-refractivity contribution < 1.29 is 4.42 Å². The van der Waals surface area contributed by atoms with Gasteiger partial charge in [0.2, 0.25) is 0 Å². The maximum Gasteiger partial charge on any atom is 0.164 e. The predicted molar refractivity (Wildman–Crippen MR) is 269 cm³/mol. The molecular formula is C61H39N3O. The van der Waals surface area contributed by atoms with Gasteiger partial charge in [-0.05, 0) is 102 Å². The SMILES string of the molecule is C1=C(c2nc(-c3ccc4c(ccc5ccccc54)c3)nc(-c3ccc(-c4ccccc4)c4ccccc34)n2)c2cccc(-c3cccc4oc5c(-c6ccccc6)cccc5c34)c2CC1. The van der Waals surface area contributed by atoms with E-state index in [0.717, 1.165) is 89.9 Å². The molecule has 1 aliphatic carbocycles. The Bertz CT molecular complexity index is 3890. The second kappa shape index (κ2) is 15.1. The van der Waals surface area contributed by atoms with Gasteiger partial charge in [0, 0.05) is 33.0 Å². The number of aromatic nitrogens is 3. The predicted octanol–water partition coefficient (Wildman–Crippen LogP) is 15.9. The van der Waals surface area contributed by atoms with Gasteiger partial charge in [-0.15, -0.1) is 0 Å². The van der Waals surface area contributed by atoms with Crippen LogP contribution in [0.2, 0.25) is 0 Å². The fourth-order valence-corrected chi connectivity index (χ4v) is 10.2. The largest absolute Gasteiger partial charge is 0.455 e. The highest BCUT2D eigenvalue weighted by Gasteiger charge is 2.25. The van der Waals surface area contributed by atoms with Crippen molar-refractivity contribution in [2.75, 3.05) is 0 Å². The molecule has 0 bridgehead atoms. The van der Waals surface area contributed by atoms with E-state index in [1.165, 1.54) is 38.4 Å². The molecule has 304 valence electrons. The number of para-hydroxylation sites is 1. The maximum absolute atomic E-state index is 6.72. The van der Waals surface area contributed by atoms with E-state index in [9.17, 15) is 0 Å². The molecule has 2 aromatic heterocycles. The van der Waals surface area contributed by atoms with E-state index in [1.54, 1.807) is 0 Å². The van der Waals surface area contributed by atoms with E-state index in [4.69, 9.17) is 19.4 Å². The Hall–Kier alpha value is -8.47. The highest BCUT2D eigenvalue weighted by Crippen LogP contribution is 2.44. The third-order valence-electron chi connectivity index (χ3n) is 13.2. The van der Waals surface area contributed by atoms with Crippen LogP contribution in [-0.2, 0) is 6.42 Å². The summed E-state index contributed by atoms with van der Waals surface area (Å²) in [6.07, 6.45) is 4.07. The van der Waals surface area contributed by atoms with Crippen LogP contribution in [0, 0.1) is 0 Å². The molecule has 65 heavy (non-hydrogen) atoms. The van der Waals surface area contributed by atoms with Crippen LogP contribution >= 0.6 is 0 Å². The zero-order valence-electron chi connectivity index (χ0n) is 35.4. The Kier molecular flexibility index (Phi) is 8.63. The third kappa shape index (κ3) is 6.17. The molecule has 10 aromatic carbocycles. The summed E-state index contributed by atoms with van der Waals surface area (Å²) >= 11 is 0. The van der Waals surface area contributed by atoms with Crippen molar-refractivity contribution >= 4 is 59.8 Å². The summed E-state index contributed by atoms with van der Waals surface area (Å²) in [6, 6.07) is 73.2. The highest BCUT2D eigenvalue weighted by atomic mass is 16.3. The Labute approximate surface area is 375 Å². The topological polar surface area (TPSA) is 51.8 Å². The van der Waals surface area contributed by atoms with Gasteiger partial charge >= 0.3 is 0 Å². The molecule has 0 spiro atoms. The zero-order chi connectivity index (χ0) is 42.8. The summed E-state index contributed by atoms with van der Waals surface area (Å²) < 4.78 is 6.72. The van der Waals surface area contributed by atoms with Crippen LogP contribution < -0.4 is 0 Å². The molecular weight excluding hydrogens is 791 g/mol. The van der Waals surface area contributed by atoms with Crippen LogP contribution in [0.15, 0.2) is 217 Å². The van der Waals surface area contributed by atoms with Crippen LogP contribution in [0.1, 0.15) is 23.4 Å². The summed E-state index contributed by atoms with van der Waals surface area (Å²) in [7, 11) is 0. The number of hydrogen-bond donors (Lipinski definition) is 0. The number of benzene rings is 10. The van der Waals surface area contributed by atoms with Crippen molar-refractivity contribution in [3.05, 3.63) is 229 Å². The van der Waals surface area contributed by atoms with Gasteiger partial charge in [-0.25, -0.2) is 15.0 Å². The molecule has 0 radical (unpaired) electrons. The molecule has 13 rings (SSSR count). The van der Waals surface area contributed by atoms with Crippen molar-refractivity contribution in [2.45, 2.75) is 12.8 Å². The maximum atomic E-state index is 6.72. The number of rotatable bonds is 6. The second-order valence-corrected chi connectivity index (χ2v) is 16.9. The first-order valence-corrected chi connectivity index (χ1v) is 22.3. The quantitative estimate of drug-likeness (QED) is 0.157. The Morgan fingerprint density at radius 1 is 0.354 bits per heavy atom. The number of fused-ring (bicyclic) bond motifs is 8. The lowest BCUT2D eigenvalue weighted by molar-refractivity contribution is 0.670. The smallest absolute Gasteiger partial charge is 0.164 e. The van der Waals surface area contributed by atoms with Gasteiger partial charge in [-0.2, -0.15) is 0 Å². The van der Waals surface area contributed by atoms with E-state index in [0.29, 0.717) is 17.5 Å². The van der Waals surface area contributed by atoms with Crippen LogP contribution in [0.3, 0.4) is 0 Å². The molecule has 2 heterocycles. The van der Waals surface area contributed by atoms with Gasteiger partial charge < -0.3 is 4.42 Å². The van der Waals surface area contributed by atoms with Gasteiger partial charge in [0.25, 0.3) is 0 Å². The zero-order valence-corrected chi connectivity index (χ0v) is 35.4. The summed E-state index contributed by atoms with van der Waals surface area (Å²) in [5.74, 6) is 1.95. The summed E-state index contributed by atoms with van der Waals surface area (Å²) in [6.45, 7) is 0. The lowest BCUT2D eigenvalue weighted by Gasteiger charge is -2.21. The minimum atomic E-state index is 0.643. The molecule has 0 N–H and O–H groups in total. The number of nitrogens with zero attached hydrogens (tertiary/aromatic N) is 3. The van der Waals surface area contributed by atoms with Crippen molar-refractivity contribution in [3.8, 4) is 56.2 Å². The van der Waals surface area contributed by atoms with Crippen LogP contribution in [0.5, 0.6) is 0 Å². The number of hydrogen-bond acceptors (Lipinski definition) is 4. The lowest BCUT2D eigenvalue weighted by Crippen LogP contribution is -2.08. The van der Waals surface area contributed by atoms with Crippen molar-refractivity contribution in [2.24, 2.45) is 0 Å². The molecule has 0 saturated heterocycles. The average Bonchev–Trinajstić information content (AvgIpc) is 3.78. The molecule has 0 fully saturated rings. The summed E-state index contributed by atoms with van der Waals surface area (Å²) in [4.78, 5) is 16.1. The summed E-state index contributed by atoms with van der Waals surface area (Å²) in [5, 5.41) is 9.29. The minimum Gasteiger partial charge on any atom is -0.455 e. The Morgan fingerprint density at radius 3 is 1.80 bits per heavy atom. The molecule has 4 nitrogen and oxygen atoms in total. The van der Waals surface area contributed by atoms with Gasteiger partial charge in [0.15, 0.2) is 17.5 Å². The lowest BCUT2D eigenvalue weighted by atomic mass is 9.84. The van der Waals surface area contributed by atoms with Gasteiger partial charge in [-0.3, -0.25) is 0 Å². The Balaban J connectivity index is 0.996. The van der Waals surface area contributed by atoms with Crippen LogP contribution in [0.4, 0.5) is 0 Å². The molecule has 0 saturated carbocycles. The molecule has 4 heteroatoms. The van der Waals surface area contributed by atoms with E-state index < -0.39 is 0 Å². The van der Waals surface area contributed by atoms with E-state index in [1.807, 2.05) is 0 Å². The molecule has 0 amide bonds. The second-order valence-electron chi connectivity index (χ2n) is 16.9. The molecule has 0 unspecified atom stereocenters. The minimum absolute atomic E-state index is 0.643. The Morgan fingerprint density at radius 2 is 0.954 bits per heavy atom. The van der Waals surface area contributed by atoms with Crippen molar-refractivity contribution in [3.63, 3.8) is 0 Å². The van der Waals surface area contributed by atoms with E-state index in [2.05, 4.69) is 212 Å². The average molecular weight is 830 g/mol. The standard InChI is InChI=1S/C61H39N3O/c1-3-15-38(16-4-1)44-35-36-54(50-22-10-9-21-47(44)50)61-63-59(42-33-34-45-41(37-42)32-31-40-19-7-8-20-43(40)45)62-60(64-61)53-28-13-24-48-49(25-12-26-51(48)53)52-27-14-30-56-57(52)55-29-11-23-46(58(55)65-56)39-17-5-2-6-18-39/h1-12,14-23,25-37H,13,24H2. The molecule has 1 aliphatic rings. The van der Waals surface area contributed by atoms with Crippen molar-refractivity contribution in [1.82, 2.24) is 15.0 Å². The first-order valence-electron chi connectivity index (χ1n) is 22.3. The highest BCUT2D eigenvalue weighted by molar-refractivity contribution is 6.16. The van der Waals surface area contributed by atoms with Gasteiger partial charge in [0.05, 0.1) is 0 Å². The van der Waals surface area contributed by atoms with Crippen molar-refractivity contribution in [1.29, 1.82) is 0 Å². The van der Waals surface area contributed by atoms with Crippen LogP contribution in [-0.4, -0.2) is 15.0 Å². The monoisotopic (exact) mass is 829 g/mol. The molecule has 12 aromatic rings. The molecule has 0 aliphatic heterocycles. The first-order chi connectivity index (χ1) is 32.2. The summed E-state index contributed by atoms with van der Waals surface area (Å²) in [5.41, 5.74) is 14.1.